The van der Waals surface area contributed by atoms with Crippen molar-refractivity contribution in [3.63, 3.8) is 0 Å². The Kier molecular flexibility index (Phi) is 5.82. The van der Waals surface area contributed by atoms with Crippen molar-refractivity contribution in [3.05, 3.63) is 35.1 Å². The first kappa shape index (κ1) is 15.5. The molecular formula is C13H17F3N2O. The molecule has 1 rings (SSSR count). The second-order valence-corrected chi connectivity index (χ2v) is 4.28. The first-order valence-electron chi connectivity index (χ1n) is 6.13. The highest BCUT2D eigenvalue weighted by Gasteiger charge is 2.19. The molecule has 19 heavy (non-hydrogen) atoms. The summed E-state index contributed by atoms with van der Waals surface area (Å²) >= 11 is 0. The molecule has 0 aromatic heterocycles. The van der Waals surface area contributed by atoms with Gasteiger partial charge in [-0.3, -0.25) is 4.79 Å². The van der Waals surface area contributed by atoms with Crippen LogP contribution < -0.4 is 11.1 Å². The van der Waals surface area contributed by atoms with E-state index in [9.17, 15) is 18.0 Å². The summed E-state index contributed by atoms with van der Waals surface area (Å²) in [5.74, 6) is -5.00. The van der Waals surface area contributed by atoms with Crippen molar-refractivity contribution < 1.29 is 18.0 Å². The van der Waals surface area contributed by atoms with Crippen molar-refractivity contribution in [1.29, 1.82) is 0 Å². The Balaban J connectivity index is 2.71. The molecule has 0 aliphatic rings. The van der Waals surface area contributed by atoms with Crippen molar-refractivity contribution in [1.82, 2.24) is 5.32 Å². The average molecular weight is 274 g/mol. The predicted molar refractivity (Wildman–Crippen MR) is 66.1 cm³/mol. The van der Waals surface area contributed by atoms with Gasteiger partial charge in [-0.05, 0) is 31.0 Å². The molecule has 1 amide bonds. The number of hydrogen-bond donors (Lipinski definition) is 2. The minimum Gasteiger partial charge on any atom is -0.352 e. The predicted octanol–water partition coefficient (Wildman–Crippen LogP) is 2.21. The van der Waals surface area contributed by atoms with Crippen molar-refractivity contribution in [3.8, 4) is 0 Å². The number of carbonyl (C=O) groups is 1. The molecule has 0 saturated heterocycles. The highest BCUT2D eigenvalue weighted by atomic mass is 19.2. The highest BCUT2D eigenvalue weighted by molar-refractivity contribution is 5.94. The summed E-state index contributed by atoms with van der Waals surface area (Å²) in [6.07, 6.45) is 1.55. The van der Waals surface area contributed by atoms with Gasteiger partial charge in [0.25, 0.3) is 5.91 Å². The fourth-order valence-corrected chi connectivity index (χ4v) is 1.72. The zero-order valence-electron chi connectivity index (χ0n) is 10.7. The molecule has 1 atom stereocenters. The number of nitrogens with one attached hydrogen (secondary N) is 1. The average Bonchev–Trinajstić information content (AvgIpc) is 2.40. The fraction of sp³-hybridized carbons (Fsp3) is 0.462. The topological polar surface area (TPSA) is 55.1 Å². The maximum atomic E-state index is 13.4. The quantitative estimate of drug-likeness (QED) is 0.781. The van der Waals surface area contributed by atoms with Gasteiger partial charge in [-0.25, -0.2) is 13.2 Å². The van der Waals surface area contributed by atoms with Crippen LogP contribution in [0.3, 0.4) is 0 Å². The number of hydrogen-bond acceptors (Lipinski definition) is 2. The smallest absolute Gasteiger partial charge is 0.254 e. The summed E-state index contributed by atoms with van der Waals surface area (Å²) in [5.41, 5.74) is 4.92. The van der Waals surface area contributed by atoms with E-state index in [1.54, 1.807) is 0 Å². The summed E-state index contributed by atoms with van der Waals surface area (Å²) in [6, 6.07) is 1.65. The SMILES string of the molecule is CCC(CCN)CNC(=O)c1ccc(F)c(F)c1F. The molecule has 1 aromatic rings. The second-order valence-electron chi connectivity index (χ2n) is 4.28. The van der Waals surface area contributed by atoms with Gasteiger partial charge < -0.3 is 11.1 Å². The first-order valence-corrected chi connectivity index (χ1v) is 6.13. The molecule has 0 radical (unpaired) electrons. The Bertz CT molecular complexity index is 452. The third-order valence-corrected chi connectivity index (χ3v) is 2.98. The van der Waals surface area contributed by atoms with Crippen LogP contribution in [0.25, 0.3) is 0 Å². The monoisotopic (exact) mass is 274 g/mol. The maximum absolute atomic E-state index is 13.4. The highest BCUT2D eigenvalue weighted by Crippen LogP contribution is 2.15. The van der Waals surface area contributed by atoms with Gasteiger partial charge >= 0.3 is 0 Å². The summed E-state index contributed by atoms with van der Waals surface area (Å²) in [7, 11) is 0. The Hall–Kier alpha value is -1.56. The number of carbonyl (C=O) groups excluding carboxylic acids is 1. The molecule has 0 fully saturated rings. The summed E-state index contributed by atoms with van der Waals surface area (Å²) in [6.45, 7) is 2.77. The van der Waals surface area contributed by atoms with E-state index in [0.29, 0.717) is 13.1 Å². The normalized spacial score (nSPS) is 12.3. The summed E-state index contributed by atoms with van der Waals surface area (Å²) < 4.78 is 39.1. The molecule has 0 aliphatic carbocycles. The van der Waals surface area contributed by atoms with Crippen molar-refractivity contribution >= 4 is 5.91 Å². The van der Waals surface area contributed by atoms with Gasteiger partial charge in [-0.1, -0.05) is 13.3 Å². The number of rotatable bonds is 6. The van der Waals surface area contributed by atoms with Gasteiger partial charge in [-0.2, -0.15) is 0 Å². The van der Waals surface area contributed by atoms with Crippen LogP contribution in [-0.2, 0) is 0 Å². The molecule has 0 saturated carbocycles. The molecule has 1 aromatic carbocycles. The van der Waals surface area contributed by atoms with E-state index in [4.69, 9.17) is 5.73 Å². The standard InChI is InChI=1S/C13H17F3N2O/c1-2-8(5-6-17)7-18-13(19)9-3-4-10(14)12(16)11(9)15/h3-4,8H,2,5-7,17H2,1H3,(H,18,19). The van der Waals surface area contributed by atoms with Crippen LogP contribution in [0.1, 0.15) is 30.1 Å². The van der Waals surface area contributed by atoms with Crippen LogP contribution in [0, 0.1) is 23.4 Å². The van der Waals surface area contributed by atoms with Crippen molar-refractivity contribution in [2.24, 2.45) is 11.7 Å². The van der Waals surface area contributed by atoms with Gasteiger partial charge in [0, 0.05) is 6.54 Å². The van der Waals surface area contributed by atoms with Crippen LogP contribution in [-0.4, -0.2) is 19.0 Å². The Labute approximate surface area is 110 Å². The third kappa shape index (κ3) is 3.96. The van der Waals surface area contributed by atoms with Crippen LogP contribution in [0.5, 0.6) is 0 Å². The van der Waals surface area contributed by atoms with Gasteiger partial charge in [0.15, 0.2) is 17.5 Å². The zero-order chi connectivity index (χ0) is 14.4. The van der Waals surface area contributed by atoms with Crippen LogP contribution in [0.2, 0.25) is 0 Å². The molecule has 1 unspecified atom stereocenters. The fourth-order valence-electron chi connectivity index (χ4n) is 1.72. The van der Waals surface area contributed by atoms with E-state index in [1.807, 2.05) is 6.92 Å². The number of benzene rings is 1. The zero-order valence-corrected chi connectivity index (χ0v) is 10.7. The molecule has 3 nitrogen and oxygen atoms in total. The first-order chi connectivity index (χ1) is 9.01. The lowest BCUT2D eigenvalue weighted by molar-refractivity contribution is 0.0941. The minimum atomic E-state index is -1.64. The lowest BCUT2D eigenvalue weighted by atomic mass is 10.0. The summed E-state index contributed by atoms with van der Waals surface area (Å²) in [4.78, 5) is 11.7. The molecule has 0 spiro atoms. The molecule has 106 valence electrons. The molecule has 0 heterocycles. The van der Waals surface area contributed by atoms with E-state index in [1.165, 1.54) is 0 Å². The van der Waals surface area contributed by atoms with Gasteiger partial charge in [0.05, 0.1) is 5.56 Å². The van der Waals surface area contributed by atoms with E-state index in [-0.39, 0.29) is 5.92 Å². The molecule has 3 N–H and O–H groups in total. The maximum Gasteiger partial charge on any atom is 0.254 e. The molecule has 0 bridgehead atoms. The van der Waals surface area contributed by atoms with Crippen molar-refractivity contribution in [2.75, 3.05) is 13.1 Å². The van der Waals surface area contributed by atoms with E-state index < -0.39 is 28.9 Å². The Morgan fingerprint density at radius 2 is 2.00 bits per heavy atom. The second kappa shape index (κ2) is 7.13. The van der Waals surface area contributed by atoms with E-state index in [2.05, 4.69) is 5.32 Å². The molecular weight excluding hydrogens is 257 g/mol. The number of nitrogens with two attached hydrogens (primary N) is 1. The summed E-state index contributed by atoms with van der Waals surface area (Å²) in [5, 5.41) is 2.50. The lowest BCUT2D eigenvalue weighted by Gasteiger charge is -2.14. The van der Waals surface area contributed by atoms with Crippen LogP contribution in [0.4, 0.5) is 13.2 Å². The Morgan fingerprint density at radius 3 is 2.58 bits per heavy atom. The van der Waals surface area contributed by atoms with Gasteiger partial charge in [0.1, 0.15) is 0 Å². The van der Waals surface area contributed by atoms with Gasteiger partial charge in [-0.15, -0.1) is 0 Å². The Morgan fingerprint density at radius 1 is 1.32 bits per heavy atom. The van der Waals surface area contributed by atoms with Crippen molar-refractivity contribution in [2.45, 2.75) is 19.8 Å². The number of halogens is 3. The molecule has 0 aliphatic heterocycles. The van der Waals surface area contributed by atoms with Crippen LogP contribution in [0.15, 0.2) is 12.1 Å². The third-order valence-electron chi connectivity index (χ3n) is 2.98. The lowest BCUT2D eigenvalue weighted by Crippen LogP contribution is -2.31. The van der Waals surface area contributed by atoms with E-state index in [0.717, 1.165) is 25.0 Å². The van der Waals surface area contributed by atoms with Crippen LogP contribution >= 0.6 is 0 Å². The van der Waals surface area contributed by atoms with Gasteiger partial charge in [0.2, 0.25) is 0 Å². The minimum absolute atomic E-state index is 0.183. The molecule has 6 heteroatoms. The van der Waals surface area contributed by atoms with E-state index >= 15 is 0 Å². The number of amides is 1. The largest absolute Gasteiger partial charge is 0.352 e.